The van der Waals surface area contributed by atoms with E-state index in [1.54, 1.807) is 0 Å². The van der Waals surface area contributed by atoms with Gasteiger partial charge in [-0.1, -0.05) is 29.4 Å². The van der Waals surface area contributed by atoms with Gasteiger partial charge in [-0.15, -0.1) is 0 Å². The summed E-state index contributed by atoms with van der Waals surface area (Å²) in [4.78, 5) is 17.7. The monoisotopic (exact) mass is 367 g/mol. The van der Waals surface area contributed by atoms with Crippen LogP contribution in [0.15, 0.2) is 28.8 Å². The number of piperidine rings is 1. The Morgan fingerprint density at radius 1 is 1.15 bits per heavy atom. The van der Waals surface area contributed by atoms with Crippen LogP contribution in [-0.2, 0) is 17.8 Å². The molecule has 3 aliphatic heterocycles. The van der Waals surface area contributed by atoms with Gasteiger partial charge in [0.15, 0.2) is 0 Å². The average Bonchev–Trinajstić information content (AvgIpc) is 2.83. The van der Waals surface area contributed by atoms with Gasteiger partial charge in [-0.3, -0.25) is 9.69 Å². The lowest BCUT2D eigenvalue weighted by Crippen LogP contribution is -2.48. The van der Waals surface area contributed by atoms with Crippen LogP contribution in [0.25, 0.3) is 0 Å². The van der Waals surface area contributed by atoms with E-state index in [2.05, 4.69) is 34.0 Å². The van der Waals surface area contributed by atoms with E-state index < -0.39 is 0 Å². The molecule has 2 bridgehead atoms. The van der Waals surface area contributed by atoms with Crippen molar-refractivity contribution in [1.82, 2.24) is 15.0 Å². The summed E-state index contributed by atoms with van der Waals surface area (Å²) in [7, 11) is 0. The largest absolute Gasteiger partial charge is 0.361 e. The second-order valence-corrected chi connectivity index (χ2v) is 8.24. The molecule has 3 saturated heterocycles. The zero-order chi connectivity index (χ0) is 19.0. The Hall–Kier alpha value is -2.14. The van der Waals surface area contributed by atoms with E-state index in [4.69, 9.17) is 4.52 Å². The van der Waals surface area contributed by atoms with E-state index in [0.717, 1.165) is 49.6 Å². The van der Waals surface area contributed by atoms with Crippen LogP contribution in [0.5, 0.6) is 0 Å². The van der Waals surface area contributed by atoms with Crippen LogP contribution in [0.4, 0.5) is 0 Å². The van der Waals surface area contributed by atoms with E-state index in [1.165, 1.54) is 17.5 Å². The van der Waals surface area contributed by atoms with Gasteiger partial charge in [0, 0.05) is 37.8 Å². The Bertz CT molecular complexity index is 809. The number of aryl methyl sites for hydroxylation is 3. The van der Waals surface area contributed by atoms with E-state index in [1.807, 2.05) is 26.0 Å². The number of carbonyl (C=O) groups excluding carboxylic acids is 1. The summed E-state index contributed by atoms with van der Waals surface area (Å²) in [6.07, 6.45) is 2.85. The first-order chi connectivity index (χ1) is 13.0. The lowest BCUT2D eigenvalue weighted by molar-refractivity contribution is -0.134. The molecule has 1 amide bonds. The molecule has 5 rings (SSSR count). The van der Waals surface area contributed by atoms with Gasteiger partial charge in [0.2, 0.25) is 5.91 Å². The summed E-state index contributed by atoms with van der Waals surface area (Å²) < 4.78 is 5.33. The second kappa shape index (κ2) is 7.47. The summed E-state index contributed by atoms with van der Waals surface area (Å²) in [6.45, 7) is 9.84. The SMILES string of the molecule is Cc1ccccc1CC(=O)N1C[C@H]2CC[C@@H]1CN(Cc1c(C)noc1C)C2. The fourth-order valence-electron chi connectivity index (χ4n) is 4.64. The highest BCUT2D eigenvalue weighted by molar-refractivity contribution is 5.79. The van der Waals surface area contributed by atoms with Gasteiger partial charge in [0.25, 0.3) is 0 Å². The first-order valence-corrected chi connectivity index (χ1v) is 9.99. The Morgan fingerprint density at radius 2 is 1.96 bits per heavy atom. The predicted molar refractivity (Wildman–Crippen MR) is 104 cm³/mol. The van der Waals surface area contributed by atoms with Crippen molar-refractivity contribution in [3.05, 3.63) is 52.4 Å². The Labute approximate surface area is 161 Å². The van der Waals surface area contributed by atoms with Crippen molar-refractivity contribution in [3.63, 3.8) is 0 Å². The quantitative estimate of drug-likeness (QED) is 0.832. The van der Waals surface area contributed by atoms with Crippen LogP contribution in [0.1, 0.15) is 41.0 Å². The molecule has 3 aliphatic rings. The van der Waals surface area contributed by atoms with Gasteiger partial charge in [0.05, 0.1) is 12.1 Å². The van der Waals surface area contributed by atoms with Gasteiger partial charge in [-0.25, -0.2) is 0 Å². The number of aromatic nitrogens is 1. The molecule has 2 atom stereocenters. The smallest absolute Gasteiger partial charge is 0.227 e. The van der Waals surface area contributed by atoms with Crippen molar-refractivity contribution in [2.45, 2.75) is 52.6 Å². The zero-order valence-electron chi connectivity index (χ0n) is 16.6. The van der Waals surface area contributed by atoms with Crippen LogP contribution < -0.4 is 0 Å². The molecule has 144 valence electrons. The fourth-order valence-corrected chi connectivity index (χ4v) is 4.64. The van der Waals surface area contributed by atoms with Gasteiger partial charge in [0.1, 0.15) is 5.76 Å². The Balaban J connectivity index is 1.46. The van der Waals surface area contributed by atoms with E-state index in [9.17, 15) is 4.79 Å². The summed E-state index contributed by atoms with van der Waals surface area (Å²) in [5.41, 5.74) is 4.53. The van der Waals surface area contributed by atoms with Crippen LogP contribution in [0.3, 0.4) is 0 Å². The lowest BCUT2D eigenvalue weighted by atomic mass is 9.94. The highest BCUT2D eigenvalue weighted by Gasteiger charge is 2.37. The third-order valence-corrected chi connectivity index (χ3v) is 6.28. The van der Waals surface area contributed by atoms with Gasteiger partial charge in [-0.2, -0.15) is 0 Å². The van der Waals surface area contributed by atoms with E-state index >= 15 is 0 Å². The number of benzene rings is 1. The number of rotatable bonds is 4. The number of hydrogen-bond donors (Lipinski definition) is 0. The highest BCUT2D eigenvalue weighted by Crippen LogP contribution is 2.30. The first-order valence-electron chi connectivity index (χ1n) is 9.99. The number of hydrogen-bond acceptors (Lipinski definition) is 4. The lowest BCUT2D eigenvalue weighted by Gasteiger charge is -2.36. The van der Waals surface area contributed by atoms with Crippen LogP contribution >= 0.6 is 0 Å². The Morgan fingerprint density at radius 3 is 2.70 bits per heavy atom. The minimum Gasteiger partial charge on any atom is -0.361 e. The standard InChI is InChI=1S/C22H29N3O2/c1-15-6-4-5-7-19(15)10-22(26)25-12-18-8-9-20(25)13-24(11-18)14-21-16(2)23-27-17(21)3/h4-7,18,20H,8-14H2,1-3H3/t18-,20+/m0/s1. The topological polar surface area (TPSA) is 49.6 Å². The molecule has 0 N–H and O–H groups in total. The van der Waals surface area contributed by atoms with Crippen molar-refractivity contribution in [2.24, 2.45) is 5.92 Å². The first kappa shape index (κ1) is 18.2. The van der Waals surface area contributed by atoms with Crippen LogP contribution in [0.2, 0.25) is 0 Å². The molecule has 27 heavy (non-hydrogen) atoms. The molecule has 0 aliphatic carbocycles. The number of fused-ring (bicyclic) bond motifs is 4. The summed E-state index contributed by atoms with van der Waals surface area (Å²) >= 11 is 0. The molecule has 1 aromatic heterocycles. The van der Waals surface area contributed by atoms with Crippen molar-refractivity contribution in [2.75, 3.05) is 19.6 Å². The second-order valence-electron chi connectivity index (χ2n) is 8.24. The van der Waals surface area contributed by atoms with Crippen molar-refractivity contribution < 1.29 is 9.32 Å². The van der Waals surface area contributed by atoms with Gasteiger partial charge < -0.3 is 9.42 Å². The van der Waals surface area contributed by atoms with Gasteiger partial charge in [-0.05, 0) is 50.7 Å². The molecule has 5 heteroatoms. The number of amides is 1. The third kappa shape index (κ3) is 3.79. The maximum Gasteiger partial charge on any atom is 0.227 e. The summed E-state index contributed by atoms with van der Waals surface area (Å²) in [5.74, 6) is 1.75. The maximum absolute atomic E-state index is 13.1. The van der Waals surface area contributed by atoms with Gasteiger partial charge >= 0.3 is 0 Å². The minimum absolute atomic E-state index is 0.276. The number of nitrogens with zero attached hydrogens (tertiary/aromatic N) is 3. The summed E-state index contributed by atoms with van der Waals surface area (Å²) in [5, 5.41) is 4.09. The summed E-state index contributed by atoms with van der Waals surface area (Å²) in [6, 6.07) is 8.54. The molecule has 2 aromatic rings. The molecule has 0 unspecified atom stereocenters. The number of carbonyl (C=O) groups is 1. The van der Waals surface area contributed by atoms with Crippen molar-refractivity contribution in [1.29, 1.82) is 0 Å². The third-order valence-electron chi connectivity index (χ3n) is 6.28. The van der Waals surface area contributed by atoms with E-state index in [-0.39, 0.29) is 5.91 Å². The maximum atomic E-state index is 13.1. The fraction of sp³-hybridized carbons (Fsp3) is 0.545. The Kier molecular flexibility index (Phi) is 5.04. The normalized spacial score (nSPS) is 22.9. The predicted octanol–water partition coefficient (Wildman–Crippen LogP) is 3.27. The van der Waals surface area contributed by atoms with Crippen LogP contribution in [0, 0.1) is 26.7 Å². The van der Waals surface area contributed by atoms with Crippen LogP contribution in [-0.4, -0.2) is 46.5 Å². The molecular formula is C22H29N3O2. The molecule has 4 heterocycles. The van der Waals surface area contributed by atoms with Crippen molar-refractivity contribution >= 4 is 5.91 Å². The molecule has 0 spiro atoms. The minimum atomic E-state index is 0.276. The molecule has 5 nitrogen and oxygen atoms in total. The average molecular weight is 367 g/mol. The molecule has 0 radical (unpaired) electrons. The van der Waals surface area contributed by atoms with Crippen molar-refractivity contribution in [3.8, 4) is 0 Å². The highest BCUT2D eigenvalue weighted by atomic mass is 16.5. The molecule has 0 saturated carbocycles. The zero-order valence-corrected chi connectivity index (χ0v) is 16.6. The molecule has 3 fully saturated rings. The molecule has 1 aromatic carbocycles. The van der Waals surface area contributed by atoms with E-state index in [0.29, 0.717) is 18.4 Å². The molecular weight excluding hydrogens is 338 g/mol.